The lowest BCUT2D eigenvalue weighted by molar-refractivity contribution is 0.120. The van der Waals surface area contributed by atoms with E-state index in [0.717, 1.165) is 53.3 Å². The van der Waals surface area contributed by atoms with Crippen molar-refractivity contribution in [2.24, 2.45) is 11.3 Å². The van der Waals surface area contributed by atoms with Crippen LogP contribution in [0.3, 0.4) is 0 Å². The van der Waals surface area contributed by atoms with Crippen LogP contribution in [0.5, 0.6) is 0 Å². The lowest BCUT2D eigenvalue weighted by Crippen LogP contribution is -2.29. The highest BCUT2D eigenvalue weighted by Gasteiger charge is 2.56. The zero-order valence-corrected chi connectivity index (χ0v) is 19.9. The van der Waals surface area contributed by atoms with Crippen LogP contribution in [0.4, 0.5) is 4.39 Å². The highest BCUT2D eigenvalue weighted by atomic mass is 79.9. The van der Waals surface area contributed by atoms with Crippen LogP contribution >= 0.6 is 15.9 Å². The van der Waals surface area contributed by atoms with E-state index >= 15 is 0 Å². The molecule has 2 aromatic carbocycles. The smallest absolute Gasteiger partial charge is 0.124 e. The van der Waals surface area contributed by atoms with Crippen molar-refractivity contribution in [2.45, 2.75) is 64.4 Å². The van der Waals surface area contributed by atoms with Crippen LogP contribution in [0.2, 0.25) is 0 Å². The number of fused-ring (bicyclic) bond motifs is 1. The van der Waals surface area contributed by atoms with Gasteiger partial charge in [-0.25, -0.2) is 4.39 Å². The Morgan fingerprint density at radius 3 is 2.65 bits per heavy atom. The van der Waals surface area contributed by atoms with Crippen molar-refractivity contribution in [1.29, 1.82) is 0 Å². The molecule has 1 saturated carbocycles. The zero-order valence-electron chi connectivity index (χ0n) is 18.3. The summed E-state index contributed by atoms with van der Waals surface area (Å²) in [5, 5.41) is 11.0. The average molecular weight is 483 g/mol. The molecule has 0 aromatic heterocycles. The molecule has 1 N–H and O–H groups in total. The van der Waals surface area contributed by atoms with Crippen molar-refractivity contribution in [1.82, 2.24) is 0 Å². The monoisotopic (exact) mass is 482 g/mol. The van der Waals surface area contributed by atoms with Crippen LogP contribution in [-0.4, -0.2) is 11.2 Å². The maximum atomic E-state index is 14.5. The minimum Gasteiger partial charge on any atom is -0.393 e. The number of aliphatic hydroxyl groups is 1. The Bertz CT molecular complexity index is 960. The van der Waals surface area contributed by atoms with E-state index < -0.39 is 0 Å². The van der Waals surface area contributed by atoms with E-state index in [1.54, 1.807) is 6.07 Å². The Kier molecular flexibility index (Phi) is 6.83. The van der Waals surface area contributed by atoms with Gasteiger partial charge in [0.15, 0.2) is 0 Å². The summed E-state index contributed by atoms with van der Waals surface area (Å²) in [6.07, 6.45) is 7.95. The molecule has 3 heteroatoms. The molecule has 0 spiro atoms. The summed E-state index contributed by atoms with van der Waals surface area (Å²) in [6.45, 7) is 6.82. The van der Waals surface area contributed by atoms with Gasteiger partial charge in [-0.05, 0) is 72.6 Å². The fourth-order valence-corrected chi connectivity index (χ4v) is 6.43. The number of benzene rings is 2. The number of rotatable bonds is 8. The van der Waals surface area contributed by atoms with E-state index in [2.05, 4.69) is 41.6 Å². The predicted octanol–water partition coefficient (Wildman–Crippen LogP) is 8.19. The van der Waals surface area contributed by atoms with Crippen molar-refractivity contribution >= 4 is 27.1 Å². The van der Waals surface area contributed by atoms with Crippen LogP contribution in [0.25, 0.3) is 11.1 Å². The van der Waals surface area contributed by atoms with Gasteiger partial charge in [0.05, 0.1) is 6.10 Å². The van der Waals surface area contributed by atoms with Gasteiger partial charge in [0.25, 0.3) is 0 Å². The second kappa shape index (κ2) is 9.42. The number of unbranched alkanes of at least 4 members (excludes halogenated alkanes) is 3. The molecular formula is C28H32BrFO. The van der Waals surface area contributed by atoms with Crippen molar-refractivity contribution in [3.63, 3.8) is 0 Å². The third kappa shape index (κ3) is 4.19. The van der Waals surface area contributed by atoms with Gasteiger partial charge in [-0.2, -0.15) is 0 Å². The molecule has 2 aliphatic carbocycles. The van der Waals surface area contributed by atoms with Crippen molar-refractivity contribution in [2.75, 3.05) is 0 Å². The van der Waals surface area contributed by atoms with Gasteiger partial charge >= 0.3 is 0 Å². The molecular weight excluding hydrogens is 451 g/mol. The molecule has 1 nitrogen and oxygen atoms in total. The van der Waals surface area contributed by atoms with Crippen molar-refractivity contribution in [3.8, 4) is 0 Å². The lowest BCUT2D eigenvalue weighted by Gasteiger charge is -2.37. The first-order valence-electron chi connectivity index (χ1n) is 11.6. The normalized spacial score (nSPS) is 25.2. The molecule has 0 bridgehead atoms. The zero-order chi connectivity index (χ0) is 22.0. The fourth-order valence-electron chi connectivity index (χ4n) is 5.97. The van der Waals surface area contributed by atoms with Crippen molar-refractivity contribution < 1.29 is 9.50 Å². The van der Waals surface area contributed by atoms with Gasteiger partial charge in [0.1, 0.15) is 5.82 Å². The first kappa shape index (κ1) is 22.5. The second-order valence-corrected chi connectivity index (χ2v) is 10.1. The van der Waals surface area contributed by atoms with Gasteiger partial charge in [0.2, 0.25) is 0 Å². The Morgan fingerprint density at radius 2 is 1.94 bits per heavy atom. The van der Waals surface area contributed by atoms with E-state index in [1.165, 1.54) is 36.5 Å². The minimum absolute atomic E-state index is 0.110. The summed E-state index contributed by atoms with van der Waals surface area (Å²) < 4.78 is 15.3. The van der Waals surface area contributed by atoms with Crippen LogP contribution < -0.4 is 0 Å². The van der Waals surface area contributed by atoms with Crippen LogP contribution in [0.1, 0.15) is 69.4 Å². The van der Waals surface area contributed by atoms with E-state index in [-0.39, 0.29) is 23.3 Å². The third-order valence-corrected chi connectivity index (χ3v) is 7.80. The van der Waals surface area contributed by atoms with Crippen molar-refractivity contribution in [3.05, 3.63) is 82.1 Å². The van der Waals surface area contributed by atoms with Crippen LogP contribution in [-0.2, 0) is 0 Å². The first-order chi connectivity index (χ1) is 15.0. The Morgan fingerprint density at radius 1 is 1.16 bits per heavy atom. The molecule has 2 unspecified atom stereocenters. The van der Waals surface area contributed by atoms with Gasteiger partial charge in [0, 0.05) is 15.8 Å². The summed E-state index contributed by atoms with van der Waals surface area (Å²) >= 11 is 3.50. The summed E-state index contributed by atoms with van der Waals surface area (Å²) in [6, 6.07) is 15.5. The minimum atomic E-state index is -0.347. The second-order valence-electron chi connectivity index (χ2n) is 9.18. The molecule has 3 atom stereocenters. The molecule has 1 fully saturated rings. The maximum absolute atomic E-state index is 14.5. The highest BCUT2D eigenvalue weighted by molar-refractivity contribution is 9.10. The number of hydrogen-bond donors (Lipinski definition) is 1. The predicted molar refractivity (Wildman–Crippen MR) is 131 cm³/mol. The molecule has 0 heterocycles. The van der Waals surface area contributed by atoms with E-state index in [9.17, 15) is 9.50 Å². The largest absolute Gasteiger partial charge is 0.393 e. The summed E-state index contributed by atoms with van der Waals surface area (Å²) in [7, 11) is 0. The Hall–Kier alpha value is -1.71. The number of halogens is 2. The summed E-state index contributed by atoms with van der Waals surface area (Å²) in [5.41, 5.74) is 5.38. The van der Waals surface area contributed by atoms with Gasteiger partial charge in [-0.3, -0.25) is 0 Å². The van der Waals surface area contributed by atoms with Gasteiger partial charge in [-0.15, -0.1) is 0 Å². The molecule has 2 aromatic rings. The van der Waals surface area contributed by atoms with Gasteiger partial charge in [-0.1, -0.05) is 84.6 Å². The summed E-state index contributed by atoms with van der Waals surface area (Å²) in [5.74, 6) is -0.122. The Balaban J connectivity index is 1.85. The fraction of sp³-hybridized carbons (Fsp3) is 0.429. The highest BCUT2D eigenvalue weighted by Crippen LogP contribution is 2.66. The molecule has 0 amide bonds. The number of aliphatic hydroxyl groups excluding tert-OH is 1. The standard InChI is InChI=1S/C28H32BrFO/c1-3-4-5-7-12-21-17-25-26(31)13-14-28(25,19(2)20-10-8-6-9-11-20)27(21)22-15-23(29)18-24(30)16-22/h6,8-11,15-16,18,25-26,31H,2-5,7,12-14,17H2,1H3/t25?,26-,28?/m1/s1. The SMILES string of the molecule is C=C(c1ccccc1)C12CC[C@@H](O)C1CC(CCCCCC)=C2c1cc(F)cc(Br)c1. The molecule has 2 aliphatic rings. The quantitative estimate of drug-likeness (QED) is 0.376. The third-order valence-electron chi connectivity index (χ3n) is 7.34. The molecule has 0 aliphatic heterocycles. The molecule has 31 heavy (non-hydrogen) atoms. The molecule has 0 saturated heterocycles. The van der Waals surface area contributed by atoms with Crippen LogP contribution in [0.15, 0.2) is 65.2 Å². The van der Waals surface area contributed by atoms with E-state index in [1.807, 2.05) is 24.3 Å². The molecule has 164 valence electrons. The number of allylic oxidation sites excluding steroid dienone is 3. The van der Waals surface area contributed by atoms with Crippen LogP contribution in [0, 0.1) is 17.2 Å². The number of hydrogen-bond acceptors (Lipinski definition) is 1. The molecule has 0 radical (unpaired) electrons. The van der Waals surface area contributed by atoms with E-state index in [0.29, 0.717) is 0 Å². The molecule has 4 rings (SSSR count). The first-order valence-corrected chi connectivity index (χ1v) is 12.4. The lowest BCUT2D eigenvalue weighted by atomic mass is 9.66. The Labute approximate surface area is 194 Å². The van der Waals surface area contributed by atoms with E-state index in [4.69, 9.17) is 0 Å². The van der Waals surface area contributed by atoms with Gasteiger partial charge < -0.3 is 5.11 Å². The average Bonchev–Trinajstić information content (AvgIpc) is 3.25. The summed E-state index contributed by atoms with van der Waals surface area (Å²) in [4.78, 5) is 0. The maximum Gasteiger partial charge on any atom is 0.124 e. The topological polar surface area (TPSA) is 20.2 Å².